The summed E-state index contributed by atoms with van der Waals surface area (Å²) in [6.45, 7) is 3.90. The van der Waals surface area contributed by atoms with Crippen molar-refractivity contribution in [2.45, 2.75) is 18.5 Å². The summed E-state index contributed by atoms with van der Waals surface area (Å²) < 4.78 is 10.9. The molecule has 80 valence electrons. The molecule has 3 heteroatoms. The van der Waals surface area contributed by atoms with Gasteiger partial charge in [-0.2, -0.15) is 0 Å². The predicted molar refractivity (Wildman–Crippen MR) is 56.2 cm³/mol. The predicted octanol–water partition coefficient (Wildman–Crippen LogP) is 1.65. The molecule has 1 aliphatic rings. The Hall–Kier alpha value is -1.16. The molecule has 0 bridgehead atoms. The molecule has 3 nitrogen and oxygen atoms in total. The van der Waals surface area contributed by atoms with Gasteiger partial charge in [0, 0.05) is 5.56 Å². The van der Waals surface area contributed by atoms with Gasteiger partial charge in [0.25, 0.3) is 0 Å². The first-order valence-corrected chi connectivity index (χ1v) is 4.94. The van der Waals surface area contributed by atoms with Crippen molar-refractivity contribution >= 4 is 0 Å². The van der Waals surface area contributed by atoms with Crippen molar-refractivity contribution in [2.24, 2.45) is 0 Å². The quantitative estimate of drug-likeness (QED) is 0.748. The smallest absolute Gasteiger partial charge is 0.184 e. The molecule has 0 spiro atoms. The molecular weight excluding hydrogens is 192 g/mol. The summed E-state index contributed by atoms with van der Waals surface area (Å²) in [7, 11) is 0. The monoisotopic (exact) mass is 206 g/mol. The van der Waals surface area contributed by atoms with E-state index < -0.39 is 12.4 Å². The maximum atomic E-state index is 9.51. The zero-order valence-electron chi connectivity index (χ0n) is 8.37. The normalized spacial score (nSPS) is 31.1. The molecule has 1 fully saturated rings. The first-order valence-electron chi connectivity index (χ1n) is 4.94. The summed E-state index contributed by atoms with van der Waals surface area (Å²) in [5.74, 6) is 0. The Kier molecular flexibility index (Phi) is 3.16. The second-order valence-electron chi connectivity index (χ2n) is 3.48. The Morgan fingerprint density at radius 1 is 1.33 bits per heavy atom. The Balaban J connectivity index is 2.09. The van der Waals surface area contributed by atoms with Gasteiger partial charge in [0.15, 0.2) is 6.29 Å². The van der Waals surface area contributed by atoms with Gasteiger partial charge < -0.3 is 14.6 Å². The first kappa shape index (κ1) is 10.4. The van der Waals surface area contributed by atoms with Crippen molar-refractivity contribution in [1.82, 2.24) is 0 Å². The van der Waals surface area contributed by atoms with Crippen molar-refractivity contribution in [2.75, 3.05) is 6.61 Å². The van der Waals surface area contributed by atoms with Crippen LogP contribution in [0.2, 0.25) is 0 Å². The fraction of sp³-hybridized carbons (Fsp3) is 0.333. The lowest BCUT2D eigenvalue weighted by molar-refractivity contribution is -0.243. The van der Waals surface area contributed by atoms with Crippen molar-refractivity contribution in [1.29, 1.82) is 0 Å². The molecule has 1 N–H and O–H groups in total. The van der Waals surface area contributed by atoms with Gasteiger partial charge in [-0.25, -0.2) is 0 Å². The van der Waals surface area contributed by atoms with Crippen LogP contribution in [-0.2, 0) is 9.47 Å². The Bertz CT molecular complexity index is 323. The van der Waals surface area contributed by atoms with E-state index in [2.05, 4.69) is 6.58 Å². The minimum Gasteiger partial charge on any atom is -0.388 e. The van der Waals surface area contributed by atoms with Crippen LogP contribution in [0.15, 0.2) is 43.0 Å². The van der Waals surface area contributed by atoms with Gasteiger partial charge in [-0.1, -0.05) is 36.4 Å². The highest BCUT2D eigenvalue weighted by Crippen LogP contribution is 2.26. The molecule has 1 aromatic carbocycles. The van der Waals surface area contributed by atoms with E-state index in [4.69, 9.17) is 9.47 Å². The summed E-state index contributed by atoms with van der Waals surface area (Å²) in [5, 5.41) is 9.51. The molecule has 1 heterocycles. The van der Waals surface area contributed by atoms with Crippen LogP contribution in [0.5, 0.6) is 0 Å². The van der Waals surface area contributed by atoms with Gasteiger partial charge in [-0.15, -0.1) is 6.58 Å². The summed E-state index contributed by atoms with van der Waals surface area (Å²) in [6, 6.07) is 9.66. The second kappa shape index (κ2) is 4.57. The Morgan fingerprint density at radius 3 is 2.73 bits per heavy atom. The fourth-order valence-corrected chi connectivity index (χ4v) is 1.55. The van der Waals surface area contributed by atoms with Crippen LogP contribution in [0.3, 0.4) is 0 Å². The lowest BCUT2D eigenvalue weighted by Gasteiger charge is -2.32. The van der Waals surface area contributed by atoms with E-state index in [1.165, 1.54) is 0 Å². The molecule has 0 aromatic heterocycles. The van der Waals surface area contributed by atoms with Crippen LogP contribution < -0.4 is 0 Å². The SMILES string of the molecule is C=C[C@@H]1O[C@H](c2ccccc2)OC[C@H]1O. The highest BCUT2D eigenvalue weighted by Gasteiger charge is 2.29. The van der Waals surface area contributed by atoms with Crippen LogP contribution in [0.25, 0.3) is 0 Å². The third-order valence-corrected chi connectivity index (χ3v) is 2.38. The number of aliphatic hydroxyl groups excluding tert-OH is 1. The van der Waals surface area contributed by atoms with Gasteiger partial charge in [0.2, 0.25) is 0 Å². The zero-order valence-corrected chi connectivity index (χ0v) is 8.37. The van der Waals surface area contributed by atoms with Gasteiger partial charge in [-0.05, 0) is 0 Å². The molecule has 0 radical (unpaired) electrons. The molecule has 1 aromatic rings. The maximum Gasteiger partial charge on any atom is 0.184 e. The van der Waals surface area contributed by atoms with E-state index in [1.807, 2.05) is 30.3 Å². The van der Waals surface area contributed by atoms with E-state index >= 15 is 0 Å². The molecule has 1 saturated heterocycles. The van der Waals surface area contributed by atoms with Crippen LogP contribution in [0.4, 0.5) is 0 Å². The van der Waals surface area contributed by atoms with E-state index in [0.29, 0.717) is 0 Å². The number of hydrogen-bond acceptors (Lipinski definition) is 3. The molecule has 2 rings (SSSR count). The lowest BCUT2D eigenvalue weighted by atomic mass is 10.1. The fourth-order valence-electron chi connectivity index (χ4n) is 1.55. The molecule has 0 unspecified atom stereocenters. The number of hydrogen-bond donors (Lipinski definition) is 1. The number of benzene rings is 1. The largest absolute Gasteiger partial charge is 0.388 e. The van der Waals surface area contributed by atoms with Crippen LogP contribution >= 0.6 is 0 Å². The summed E-state index contributed by atoms with van der Waals surface area (Å²) in [5.41, 5.74) is 0.955. The molecule has 1 aliphatic heterocycles. The van der Waals surface area contributed by atoms with E-state index in [-0.39, 0.29) is 12.7 Å². The summed E-state index contributed by atoms with van der Waals surface area (Å²) >= 11 is 0. The molecule has 0 amide bonds. The topological polar surface area (TPSA) is 38.7 Å². The summed E-state index contributed by atoms with van der Waals surface area (Å²) in [4.78, 5) is 0. The zero-order chi connectivity index (χ0) is 10.7. The second-order valence-corrected chi connectivity index (χ2v) is 3.48. The van der Waals surface area contributed by atoms with E-state index in [9.17, 15) is 5.11 Å². The van der Waals surface area contributed by atoms with Gasteiger partial charge >= 0.3 is 0 Å². The summed E-state index contributed by atoms with van der Waals surface area (Å²) in [6.07, 6.45) is 0.215. The van der Waals surface area contributed by atoms with Gasteiger partial charge in [0.05, 0.1) is 6.61 Å². The average molecular weight is 206 g/mol. The van der Waals surface area contributed by atoms with E-state index in [1.54, 1.807) is 6.08 Å². The first-order chi connectivity index (χ1) is 7.31. The third-order valence-electron chi connectivity index (χ3n) is 2.38. The molecule has 0 aliphatic carbocycles. The minimum atomic E-state index is -0.623. The molecule has 3 atom stereocenters. The number of ether oxygens (including phenoxy) is 2. The lowest BCUT2D eigenvalue weighted by Crippen LogP contribution is -2.38. The van der Waals surface area contributed by atoms with Crippen LogP contribution in [0.1, 0.15) is 11.9 Å². The molecular formula is C12H14O3. The van der Waals surface area contributed by atoms with Crippen molar-refractivity contribution in [3.63, 3.8) is 0 Å². The Labute approximate surface area is 88.9 Å². The van der Waals surface area contributed by atoms with Gasteiger partial charge in [0.1, 0.15) is 12.2 Å². The van der Waals surface area contributed by atoms with Crippen molar-refractivity contribution in [3.8, 4) is 0 Å². The maximum absolute atomic E-state index is 9.51. The van der Waals surface area contributed by atoms with Crippen LogP contribution in [0, 0.1) is 0 Å². The van der Waals surface area contributed by atoms with E-state index in [0.717, 1.165) is 5.56 Å². The van der Waals surface area contributed by atoms with Crippen molar-refractivity contribution < 1.29 is 14.6 Å². The number of rotatable bonds is 2. The highest BCUT2D eigenvalue weighted by atomic mass is 16.7. The standard InChI is InChI=1S/C12H14O3/c1-2-11-10(13)8-14-12(15-11)9-6-4-3-5-7-9/h2-7,10-13H,1,8H2/t10-,11+,12-/m1/s1. The minimum absolute atomic E-state index is 0.274. The van der Waals surface area contributed by atoms with Gasteiger partial charge in [-0.3, -0.25) is 0 Å². The average Bonchev–Trinajstić information content (AvgIpc) is 2.31. The molecule has 15 heavy (non-hydrogen) atoms. The van der Waals surface area contributed by atoms with Crippen LogP contribution in [-0.4, -0.2) is 23.9 Å². The molecule has 0 saturated carbocycles. The Morgan fingerprint density at radius 2 is 2.07 bits per heavy atom. The third kappa shape index (κ3) is 2.26. The highest BCUT2D eigenvalue weighted by molar-refractivity contribution is 5.16. The van der Waals surface area contributed by atoms with Crippen molar-refractivity contribution in [3.05, 3.63) is 48.6 Å². The number of aliphatic hydroxyl groups is 1.